The number of H-pyrrole nitrogens is 1. The standard InChI is InChI=1S/C30H32N4O4S/c1-33(2)15-6-8-21-26(31-25-9-5-11-28(35)29(21)25)18-23-22-17-20(12-13-24(22)32-30(23)36)39(37,38)34-16-14-19-7-3-4-10-27(19)34/h3-4,7,10,12-13,17-18,31H,5-6,8-9,11,14-16H2,1-2H3,(H,32,36)/b23-18-. The zero-order valence-corrected chi connectivity index (χ0v) is 23.0. The summed E-state index contributed by atoms with van der Waals surface area (Å²) in [5.74, 6) is -0.142. The molecule has 0 bridgehead atoms. The maximum Gasteiger partial charge on any atom is 0.264 e. The van der Waals surface area contributed by atoms with Crippen LogP contribution in [-0.2, 0) is 34.1 Å². The number of hydrogen-bond acceptors (Lipinski definition) is 5. The number of para-hydroxylation sites is 1. The van der Waals surface area contributed by atoms with Gasteiger partial charge in [0.2, 0.25) is 0 Å². The summed E-state index contributed by atoms with van der Waals surface area (Å²) in [5.41, 5.74) is 6.63. The fourth-order valence-electron chi connectivity index (χ4n) is 5.95. The number of Topliss-reactive ketones (excluding diaryl/α,β-unsaturated/α-hetero) is 1. The second-order valence-corrected chi connectivity index (χ2v) is 12.6. The summed E-state index contributed by atoms with van der Waals surface area (Å²) >= 11 is 0. The Morgan fingerprint density at radius 3 is 2.69 bits per heavy atom. The maximum atomic E-state index is 13.7. The van der Waals surface area contributed by atoms with Crippen LogP contribution in [0.4, 0.5) is 11.4 Å². The van der Waals surface area contributed by atoms with Gasteiger partial charge in [-0.25, -0.2) is 8.42 Å². The molecular weight excluding hydrogens is 512 g/mol. The Hall–Kier alpha value is -3.69. The van der Waals surface area contributed by atoms with Crippen molar-refractivity contribution >= 4 is 44.7 Å². The molecule has 3 aliphatic rings. The Balaban J connectivity index is 1.40. The minimum absolute atomic E-state index is 0.146. The molecule has 0 unspecified atom stereocenters. The van der Waals surface area contributed by atoms with Crippen LogP contribution in [0.5, 0.6) is 0 Å². The van der Waals surface area contributed by atoms with E-state index in [-0.39, 0.29) is 16.6 Å². The Morgan fingerprint density at radius 2 is 1.87 bits per heavy atom. The Morgan fingerprint density at radius 1 is 1.05 bits per heavy atom. The van der Waals surface area contributed by atoms with Gasteiger partial charge < -0.3 is 15.2 Å². The van der Waals surface area contributed by atoms with Gasteiger partial charge in [0.05, 0.1) is 16.2 Å². The molecule has 2 aromatic carbocycles. The molecule has 8 nitrogen and oxygen atoms in total. The van der Waals surface area contributed by atoms with E-state index >= 15 is 0 Å². The van der Waals surface area contributed by atoms with Crippen LogP contribution in [-0.4, -0.2) is 57.2 Å². The lowest BCUT2D eigenvalue weighted by Crippen LogP contribution is -2.29. The number of benzene rings is 2. The molecule has 0 saturated heterocycles. The first-order chi connectivity index (χ1) is 18.7. The topological polar surface area (TPSA) is 103 Å². The highest BCUT2D eigenvalue weighted by atomic mass is 32.2. The smallest absolute Gasteiger partial charge is 0.264 e. The van der Waals surface area contributed by atoms with Gasteiger partial charge in [-0.1, -0.05) is 18.2 Å². The van der Waals surface area contributed by atoms with Crippen molar-refractivity contribution in [3.63, 3.8) is 0 Å². The number of amides is 1. The molecule has 39 heavy (non-hydrogen) atoms. The monoisotopic (exact) mass is 544 g/mol. The van der Waals surface area contributed by atoms with Crippen LogP contribution in [0.3, 0.4) is 0 Å². The zero-order chi connectivity index (χ0) is 27.3. The summed E-state index contributed by atoms with van der Waals surface area (Å²) in [5, 5.41) is 2.88. The van der Waals surface area contributed by atoms with Crippen LogP contribution in [0, 0.1) is 0 Å². The van der Waals surface area contributed by atoms with Crippen molar-refractivity contribution in [3.8, 4) is 0 Å². The van der Waals surface area contributed by atoms with E-state index in [0.29, 0.717) is 48.3 Å². The van der Waals surface area contributed by atoms with Crippen LogP contribution in [0.25, 0.3) is 11.6 Å². The van der Waals surface area contributed by atoms with Crippen LogP contribution in [0.2, 0.25) is 0 Å². The van der Waals surface area contributed by atoms with Crippen molar-refractivity contribution in [1.29, 1.82) is 0 Å². The normalized spacial score (nSPS) is 17.5. The van der Waals surface area contributed by atoms with Crippen LogP contribution in [0.15, 0.2) is 47.4 Å². The number of rotatable bonds is 7. The predicted octanol–water partition coefficient (Wildman–Crippen LogP) is 4.27. The van der Waals surface area contributed by atoms with E-state index in [1.165, 1.54) is 4.31 Å². The first kappa shape index (κ1) is 25.6. The average Bonchev–Trinajstić information content (AvgIpc) is 3.58. The Bertz CT molecular complexity index is 1630. The summed E-state index contributed by atoms with van der Waals surface area (Å²) in [6.07, 6.45) is 6.19. The second kappa shape index (κ2) is 9.81. The maximum absolute atomic E-state index is 13.7. The van der Waals surface area contributed by atoms with Crippen molar-refractivity contribution in [2.75, 3.05) is 36.8 Å². The van der Waals surface area contributed by atoms with E-state index in [1.807, 2.05) is 38.4 Å². The Kier molecular flexibility index (Phi) is 6.43. The van der Waals surface area contributed by atoms with Crippen LogP contribution in [0.1, 0.15) is 57.7 Å². The summed E-state index contributed by atoms with van der Waals surface area (Å²) in [4.78, 5) is 31.7. The molecule has 202 valence electrons. The molecule has 1 amide bonds. The first-order valence-electron chi connectivity index (χ1n) is 13.4. The van der Waals surface area contributed by atoms with Gasteiger partial charge in [0.15, 0.2) is 5.78 Å². The molecular formula is C30H32N4O4S. The van der Waals surface area contributed by atoms with Gasteiger partial charge in [-0.2, -0.15) is 0 Å². The molecule has 0 fully saturated rings. The third kappa shape index (κ3) is 4.49. The Labute approximate surface area is 228 Å². The summed E-state index contributed by atoms with van der Waals surface area (Å²) in [6, 6.07) is 12.3. The lowest BCUT2D eigenvalue weighted by molar-refractivity contribution is -0.110. The molecule has 1 aromatic heterocycles. The van der Waals surface area contributed by atoms with Crippen molar-refractivity contribution < 1.29 is 18.0 Å². The molecule has 0 atom stereocenters. The highest BCUT2D eigenvalue weighted by Gasteiger charge is 2.33. The van der Waals surface area contributed by atoms with Crippen LogP contribution < -0.4 is 9.62 Å². The number of hydrogen-bond donors (Lipinski definition) is 2. The molecule has 0 saturated carbocycles. The number of aromatic nitrogens is 1. The summed E-state index contributed by atoms with van der Waals surface area (Å²) in [7, 11) is 0.226. The second-order valence-electron chi connectivity index (χ2n) is 10.7. The van der Waals surface area contributed by atoms with Crippen molar-refractivity contribution in [3.05, 3.63) is 76.1 Å². The SMILES string of the molecule is CN(C)CCCc1c(/C=C2\C(=O)Nc3ccc(S(=O)(=O)N4CCc5ccccc54)cc32)[nH]c2c1C(=O)CCC2. The van der Waals surface area contributed by atoms with Gasteiger partial charge in [-0.05, 0) is 94.2 Å². The summed E-state index contributed by atoms with van der Waals surface area (Å²) < 4.78 is 28.8. The number of ketones is 1. The zero-order valence-electron chi connectivity index (χ0n) is 22.2. The number of nitrogens with one attached hydrogen (secondary N) is 2. The van der Waals surface area contributed by atoms with E-state index in [2.05, 4.69) is 15.2 Å². The molecule has 3 heterocycles. The lowest BCUT2D eigenvalue weighted by atomic mass is 9.91. The number of aryl methyl sites for hydroxylation is 1. The van der Waals surface area contributed by atoms with Gasteiger partial charge in [-0.15, -0.1) is 0 Å². The largest absolute Gasteiger partial charge is 0.358 e. The third-order valence-electron chi connectivity index (χ3n) is 7.85. The summed E-state index contributed by atoms with van der Waals surface area (Å²) in [6.45, 7) is 1.27. The highest BCUT2D eigenvalue weighted by Crippen LogP contribution is 2.39. The minimum atomic E-state index is -3.82. The van der Waals surface area contributed by atoms with E-state index in [9.17, 15) is 18.0 Å². The van der Waals surface area contributed by atoms with Gasteiger partial charge in [0.25, 0.3) is 15.9 Å². The highest BCUT2D eigenvalue weighted by molar-refractivity contribution is 7.92. The number of sulfonamides is 1. The fourth-order valence-corrected chi connectivity index (χ4v) is 7.48. The van der Waals surface area contributed by atoms with Gasteiger partial charge in [0.1, 0.15) is 0 Å². The molecule has 3 aromatic rings. The number of anilines is 2. The van der Waals surface area contributed by atoms with Gasteiger partial charge in [0, 0.05) is 41.2 Å². The lowest BCUT2D eigenvalue weighted by Gasteiger charge is -2.20. The fraction of sp³-hybridized carbons (Fsp3) is 0.333. The van der Waals surface area contributed by atoms with Gasteiger partial charge >= 0.3 is 0 Å². The molecule has 2 aliphatic heterocycles. The molecule has 6 rings (SSSR count). The number of carbonyl (C=O) groups excluding carboxylic acids is 2. The molecule has 9 heteroatoms. The quantitative estimate of drug-likeness (QED) is 0.433. The molecule has 0 spiro atoms. The van der Waals surface area contributed by atoms with Crippen molar-refractivity contribution in [2.45, 2.75) is 43.4 Å². The van der Waals surface area contributed by atoms with E-state index < -0.39 is 10.0 Å². The van der Waals surface area contributed by atoms with Crippen molar-refractivity contribution in [2.24, 2.45) is 0 Å². The van der Waals surface area contributed by atoms with Gasteiger partial charge in [-0.3, -0.25) is 13.9 Å². The minimum Gasteiger partial charge on any atom is -0.358 e. The third-order valence-corrected chi connectivity index (χ3v) is 9.66. The number of aromatic amines is 1. The van der Waals surface area contributed by atoms with E-state index in [0.717, 1.165) is 53.9 Å². The van der Waals surface area contributed by atoms with E-state index in [1.54, 1.807) is 24.3 Å². The molecule has 0 radical (unpaired) electrons. The molecule has 2 N–H and O–H groups in total. The first-order valence-corrected chi connectivity index (χ1v) is 14.9. The van der Waals surface area contributed by atoms with Crippen molar-refractivity contribution in [1.82, 2.24) is 9.88 Å². The number of fused-ring (bicyclic) bond motifs is 3. The van der Waals surface area contributed by atoms with Crippen LogP contribution >= 0.6 is 0 Å². The number of carbonyl (C=O) groups is 2. The predicted molar refractivity (Wildman–Crippen MR) is 153 cm³/mol. The number of nitrogens with zero attached hydrogens (tertiary/aromatic N) is 2. The average molecular weight is 545 g/mol. The van der Waals surface area contributed by atoms with E-state index in [4.69, 9.17) is 0 Å². The molecule has 1 aliphatic carbocycles.